The van der Waals surface area contributed by atoms with Crippen LogP contribution in [0.1, 0.15) is 64.2 Å². The molecular formula is C26H34Cl2N2O2. The Hall–Kier alpha value is -2.04. The van der Waals surface area contributed by atoms with Gasteiger partial charge < -0.3 is 10.2 Å². The van der Waals surface area contributed by atoms with Crippen molar-refractivity contribution < 1.29 is 9.59 Å². The predicted molar refractivity (Wildman–Crippen MR) is 133 cm³/mol. The van der Waals surface area contributed by atoms with Crippen LogP contribution in [0.4, 0.5) is 0 Å². The van der Waals surface area contributed by atoms with Crippen molar-refractivity contribution in [3.05, 3.63) is 69.2 Å². The minimum Gasteiger partial charge on any atom is -0.350 e. The molecule has 1 unspecified atom stereocenters. The zero-order valence-corrected chi connectivity index (χ0v) is 21.2. The van der Waals surface area contributed by atoms with E-state index in [2.05, 4.69) is 36.5 Å². The van der Waals surface area contributed by atoms with Crippen LogP contribution in [-0.2, 0) is 29.0 Å². The van der Waals surface area contributed by atoms with Crippen LogP contribution in [0.15, 0.2) is 42.5 Å². The topological polar surface area (TPSA) is 49.4 Å². The maximum absolute atomic E-state index is 13.4. The molecule has 0 radical (unpaired) electrons. The minimum atomic E-state index is -0.571. The lowest BCUT2D eigenvalue weighted by molar-refractivity contribution is -0.142. The maximum Gasteiger partial charge on any atom is 0.243 e. The number of halogens is 2. The Labute approximate surface area is 202 Å². The third-order valence-corrected chi connectivity index (χ3v) is 6.02. The van der Waals surface area contributed by atoms with Gasteiger partial charge in [0.05, 0.1) is 10.0 Å². The Bertz CT molecular complexity index is 920. The molecule has 0 fully saturated rings. The van der Waals surface area contributed by atoms with Crippen LogP contribution in [0.2, 0.25) is 10.0 Å². The highest BCUT2D eigenvalue weighted by atomic mass is 35.5. The summed E-state index contributed by atoms with van der Waals surface area (Å²) in [5.41, 5.74) is 2.83. The van der Waals surface area contributed by atoms with Gasteiger partial charge in [0.25, 0.3) is 0 Å². The number of amides is 2. The van der Waals surface area contributed by atoms with Crippen LogP contribution in [0.25, 0.3) is 0 Å². The first kappa shape index (κ1) is 26.2. The van der Waals surface area contributed by atoms with E-state index in [4.69, 9.17) is 23.2 Å². The van der Waals surface area contributed by atoms with Gasteiger partial charge >= 0.3 is 0 Å². The third kappa shape index (κ3) is 7.83. The number of hydrogen-bond acceptors (Lipinski definition) is 2. The molecule has 0 aliphatic carbocycles. The van der Waals surface area contributed by atoms with E-state index in [9.17, 15) is 9.59 Å². The number of rotatable bonds is 9. The van der Waals surface area contributed by atoms with E-state index in [-0.39, 0.29) is 17.4 Å². The molecule has 0 aliphatic heterocycles. The van der Waals surface area contributed by atoms with Crippen LogP contribution < -0.4 is 5.32 Å². The quantitative estimate of drug-likeness (QED) is 0.467. The molecule has 0 saturated heterocycles. The van der Waals surface area contributed by atoms with Gasteiger partial charge in [-0.25, -0.2) is 0 Å². The molecular weight excluding hydrogens is 443 g/mol. The second-order valence-corrected chi connectivity index (χ2v) is 9.92. The first-order valence-corrected chi connectivity index (χ1v) is 11.9. The minimum absolute atomic E-state index is 0.0634. The van der Waals surface area contributed by atoms with Crippen molar-refractivity contribution in [2.45, 2.75) is 78.4 Å². The summed E-state index contributed by atoms with van der Waals surface area (Å²) in [4.78, 5) is 28.1. The van der Waals surface area contributed by atoms with E-state index in [1.807, 2.05) is 33.8 Å². The lowest BCUT2D eigenvalue weighted by Gasteiger charge is -2.33. The fraction of sp³-hybridized carbons (Fsp3) is 0.462. The Morgan fingerprint density at radius 1 is 0.938 bits per heavy atom. The van der Waals surface area contributed by atoms with Crippen LogP contribution in [0.3, 0.4) is 0 Å². The SMILES string of the molecule is CCc1ccc(CCC(=O)N(Cc2ccc(Cl)c(Cl)c2)C(CC)C(=O)NC(C)(C)C)cc1. The summed E-state index contributed by atoms with van der Waals surface area (Å²) >= 11 is 12.2. The first-order valence-electron chi connectivity index (χ1n) is 11.2. The summed E-state index contributed by atoms with van der Waals surface area (Å²) in [7, 11) is 0. The van der Waals surface area contributed by atoms with Crippen LogP contribution in [0, 0.1) is 0 Å². The summed E-state index contributed by atoms with van der Waals surface area (Å²) in [6.45, 7) is 10.1. The van der Waals surface area contributed by atoms with Gasteiger partial charge in [-0.05, 0) is 68.9 Å². The molecule has 2 rings (SSSR count). The summed E-state index contributed by atoms with van der Waals surface area (Å²) in [5.74, 6) is -0.216. The Kier molecular flexibility index (Phi) is 9.60. The maximum atomic E-state index is 13.4. The van der Waals surface area contributed by atoms with Gasteiger partial charge in [0.2, 0.25) is 11.8 Å². The Morgan fingerprint density at radius 2 is 1.53 bits per heavy atom. The van der Waals surface area contributed by atoms with Gasteiger partial charge in [-0.1, -0.05) is 67.4 Å². The van der Waals surface area contributed by atoms with Gasteiger partial charge in [0.1, 0.15) is 6.04 Å². The normalized spacial score (nSPS) is 12.3. The molecule has 32 heavy (non-hydrogen) atoms. The van der Waals surface area contributed by atoms with Crippen molar-refractivity contribution in [3.8, 4) is 0 Å². The average Bonchev–Trinajstić information content (AvgIpc) is 2.73. The predicted octanol–water partition coefficient (Wildman–Crippen LogP) is 6.21. The molecule has 4 nitrogen and oxygen atoms in total. The van der Waals surface area contributed by atoms with Crippen molar-refractivity contribution in [3.63, 3.8) is 0 Å². The molecule has 6 heteroatoms. The number of carbonyl (C=O) groups is 2. The Balaban J connectivity index is 2.24. The third-order valence-electron chi connectivity index (χ3n) is 5.28. The number of aryl methyl sites for hydroxylation is 2. The monoisotopic (exact) mass is 476 g/mol. The molecule has 1 N–H and O–H groups in total. The second-order valence-electron chi connectivity index (χ2n) is 9.10. The molecule has 2 amide bonds. The molecule has 2 aromatic carbocycles. The molecule has 1 atom stereocenters. The van der Waals surface area contributed by atoms with Gasteiger partial charge in [-0.3, -0.25) is 9.59 Å². The van der Waals surface area contributed by atoms with Crippen LogP contribution in [-0.4, -0.2) is 28.3 Å². The lowest BCUT2D eigenvalue weighted by atomic mass is 10.0. The van der Waals surface area contributed by atoms with Crippen LogP contribution in [0.5, 0.6) is 0 Å². The summed E-state index contributed by atoms with van der Waals surface area (Å²) in [6, 6.07) is 13.1. The number of benzene rings is 2. The van der Waals surface area contributed by atoms with E-state index < -0.39 is 6.04 Å². The Morgan fingerprint density at radius 3 is 2.06 bits per heavy atom. The van der Waals surface area contributed by atoms with Crippen molar-refractivity contribution >= 4 is 35.0 Å². The fourth-order valence-electron chi connectivity index (χ4n) is 3.54. The fourth-order valence-corrected chi connectivity index (χ4v) is 3.86. The number of nitrogens with zero attached hydrogens (tertiary/aromatic N) is 1. The average molecular weight is 477 g/mol. The standard InChI is InChI=1S/C26H34Cl2N2O2/c1-6-18-8-10-19(11-9-18)13-15-24(31)30(17-20-12-14-21(27)22(28)16-20)23(7-2)25(32)29-26(3,4)5/h8-12,14,16,23H,6-7,13,15,17H2,1-5H3,(H,29,32). The smallest absolute Gasteiger partial charge is 0.243 e. The zero-order valence-electron chi connectivity index (χ0n) is 19.7. The second kappa shape index (κ2) is 11.7. The molecule has 0 bridgehead atoms. The van der Waals surface area contributed by atoms with Crippen molar-refractivity contribution in [2.24, 2.45) is 0 Å². The van der Waals surface area contributed by atoms with Gasteiger partial charge in [-0.15, -0.1) is 0 Å². The lowest BCUT2D eigenvalue weighted by Crippen LogP contribution is -2.53. The molecule has 0 aromatic heterocycles. The van der Waals surface area contributed by atoms with E-state index in [0.29, 0.717) is 35.9 Å². The molecule has 174 valence electrons. The molecule has 0 heterocycles. The highest BCUT2D eigenvalue weighted by Crippen LogP contribution is 2.24. The first-order chi connectivity index (χ1) is 15.0. The van der Waals surface area contributed by atoms with E-state index in [1.165, 1.54) is 5.56 Å². The van der Waals surface area contributed by atoms with Gasteiger partial charge in [0, 0.05) is 18.5 Å². The molecule has 0 spiro atoms. The van der Waals surface area contributed by atoms with Gasteiger partial charge in [0.15, 0.2) is 0 Å². The van der Waals surface area contributed by atoms with Crippen LogP contribution >= 0.6 is 23.2 Å². The number of nitrogens with one attached hydrogen (secondary N) is 1. The number of carbonyl (C=O) groups excluding carboxylic acids is 2. The van der Waals surface area contributed by atoms with Crippen molar-refractivity contribution in [2.75, 3.05) is 0 Å². The molecule has 0 saturated carbocycles. The molecule has 0 aliphatic rings. The number of hydrogen-bond donors (Lipinski definition) is 1. The van der Waals surface area contributed by atoms with E-state index in [1.54, 1.807) is 17.0 Å². The summed E-state index contributed by atoms with van der Waals surface area (Å²) in [5, 5.41) is 3.91. The highest BCUT2D eigenvalue weighted by Gasteiger charge is 2.30. The van der Waals surface area contributed by atoms with Gasteiger partial charge in [-0.2, -0.15) is 0 Å². The summed E-state index contributed by atoms with van der Waals surface area (Å²) in [6.07, 6.45) is 2.45. The zero-order chi connectivity index (χ0) is 23.9. The van der Waals surface area contributed by atoms with E-state index in [0.717, 1.165) is 17.5 Å². The van der Waals surface area contributed by atoms with Crippen molar-refractivity contribution in [1.82, 2.24) is 10.2 Å². The highest BCUT2D eigenvalue weighted by molar-refractivity contribution is 6.42. The van der Waals surface area contributed by atoms with E-state index >= 15 is 0 Å². The summed E-state index contributed by atoms with van der Waals surface area (Å²) < 4.78 is 0. The largest absolute Gasteiger partial charge is 0.350 e. The molecule has 2 aromatic rings. The van der Waals surface area contributed by atoms with Crippen molar-refractivity contribution in [1.29, 1.82) is 0 Å².